The number of rotatable bonds is 3. The van der Waals surface area contributed by atoms with E-state index in [0.29, 0.717) is 0 Å². The van der Waals surface area contributed by atoms with Crippen molar-refractivity contribution in [2.45, 2.75) is 30.7 Å². The zero-order valence-corrected chi connectivity index (χ0v) is 14.6. The highest BCUT2D eigenvalue weighted by Crippen LogP contribution is 2.29. The van der Waals surface area contributed by atoms with Gasteiger partial charge in [0.25, 0.3) is 0 Å². The number of aliphatic carboxylic acids is 1. The molecule has 0 radical (unpaired) electrons. The van der Waals surface area contributed by atoms with Gasteiger partial charge in [-0.1, -0.05) is 6.07 Å². The number of benzene rings is 2. The van der Waals surface area contributed by atoms with Crippen LogP contribution in [0.15, 0.2) is 45.6 Å². The first kappa shape index (κ1) is 19.2. The van der Waals surface area contributed by atoms with Crippen LogP contribution in [0.1, 0.15) is 0 Å². The molecule has 29 heavy (non-hydrogen) atoms. The van der Waals surface area contributed by atoms with Gasteiger partial charge in [-0.3, -0.25) is 4.79 Å². The fourth-order valence-corrected chi connectivity index (χ4v) is 3.22. The van der Waals surface area contributed by atoms with Gasteiger partial charge in [0, 0.05) is 0 Å². The smallest absolute Gasteiger partial charge is 0.335 e. The highest BCUT2D eigenvalue weighted by Gasteiger charge is 2.48. The van der Waals surface area contributed by atoms with E-state index in [1.54, 1.807) is 0 Å². The van der Waals surface area contributed by atoms with Gasteiger partial charge in [-0.15, -0.1) is 0 Å². The van der Waals surface area contributed by atoms with E-state index in [4.69, 9.17) is 19.0 Å². The average Bonchev–Trinajstić information content (AvgIpc) is 2.68. The Kier molecular flexibility index (Phi) is 4.63. The van der Waals surface area contributed by atoms with Gasteiger partial charge in [0.05, 0.1) is 5.39 Å². The number of phenolic OH excluding ortho intramolecular Hbond substituents is 1. The van der Waals surface area contributed by atoms with E-state index in [0.717, 1.165) is 0 Å². The minimum atomic E-state index is -1.85. The van der Waals surface area contributed by atoms with Crippen molar-refractivity contribution in [1.82, 2.24) is 0 Å². The maximum Gasteiger partial charge on any atom is 0.335 e. The van der Waals surface area contributed by atoms with E-state index >= 15 is 0 Å². The number of hydrogen-bond donors (Lipinski definition) is 5. The molecule has 1 aromatic heterocycles. The number of phenols is 1. The monoisotopic (exact) mass is 404 g/mol. The van der Waals surface area contributed by atoms with Gasteiger partial charge in [0.2, 0.25) is 11.7 Å². The lowest BCUT2D eigenvalue weighted by atomic mass is 9.99. The molecule has 3 aromatic rings. The second-order valence-corrected chi connectivity index (χ2v) is 6.59. The molecule has 0 amide bonds. The molecule has 10 nitrogen and oxygen atoms in total. The van der Waals surface area contributed by atoms with Gasteiger partial charge >= 0.3 is 5.97 Å². The second kappa shape index (κ2) is 7.01. The zero-order chi connectivity index (χ0) is 20.9. The predicted octanol–water partition coefficient (Wildman–Crippen LogP) is -0.0772. The molecule has 152 valence electrons. The second-order valence-electron chi connectivity index (χ2n) is 6.59. The van der Waals surface area contributed by atoms with Crippen molar-refractivity contribution in [3.05, 3.63) is 46.6 Å². The predicted molar refractivity (Wildman–Crippen MR) is 96.6 cm³/mol. The van der Waals surface area contributed by atoms with E-state index < -0.39 is 42.1 Å². The summed E-state index contributed by atoms with van der Waals surface area (Å²) in [6.07, 6.45) is -8.84. The number of aliphatic hydroxyl groups is 3. The molecule has 1 fully saturated rings. The molecule has 1 aliphatic rings. The van der Waals surface area contributed by atoms with Crippen LogP contribution in [0, 0.1) is 0 Å². The van der Waals surface area contributed by atoms with Crippen LogP contribution in [0.3, 0.4) is 0 Å². The number of ether oxygens (including phenoxy) is 2. The van der Waals surface area contributed by atoms with E-state index in [1.165, 1.54) is 36.4 Å². The van der Waals surface area contributed by atoms with Crippen LogP contribution in [-0.2, 0) is 9.53 Å². The minimum absolute atomic E-state index is 0.0105. The van der Waals surface area contributed by atoms with Gasteiger partial charge in [0.15, 0.2) is 6.10 Å². The third kappa shape index (κ3) is 3.17. The van der Waals surface area contributed by atoms with Crippen molar-refractivity contribution in [1.29, 1.82) is 0 Å². The lowest BCUT2D eigenvalue weighted by molar-refractivity contribution is -0.271. The summed E-state index contributed by atoms with van der Waals surface area (Å²) in [6.45, 7) is 0. The highest BCUT2D eigenvalue weighted by atomic mass is 16.7. The zero-order valence-electron chi connectivity index (χ0n) is 14.6. The molecule has 1 saturated heterocycles. The largest absolute Gasteiger partial charge is 0.507 e. The molecule has 5 atom stereocenters. The number of carbonyl (C=O) groups is 1. The number of carboxylic acids is 1. The van der Waals surface area contributed by atoms with Gasteiger partial charge < -0.3 is 39.4 Å². The Hall–Kier alpha value is -3.18. The van der Waals surface area contributed by atoms with Crippen LogP contribution < -0.4 is 10.2 Å². The molecule has 10 heteroatoms. The molecule has 2 heterocycles. The van der Waals surface area contributed by atoms with E-state index in [9.17, 15) is 30.0 Å². The molecular formula is C19H16O10. The van der Waals surface area contributed by atoms with Crippen LogP contribution in [-0.4, -0.2) is 62.2 Å². The fraction of sp³-hybridized carbons (Fsp3) is 0.263. The average molecular weight is 404 g/mol. The summed E-state index contributed by atoms with van der Waals surface area (Å²) in [6, 6.07) is 8.50. The lowest BCUT2D eigenvalue weighted by Gasteiger charge is -2.38. The first-order chi connectivity index (χ1) is 13.8. The maximum atomic E-state index is 12.7. The summed E-state index contributed by atoms with van der Waals surface area (Å²) in [5.74, 6) is -1.79. The van der Waals surface area contributed by atoms with Crippen LogP contribution >= 0.6 is 0 Å². The third-order valence-electron chi connectivity index (χ3n) is 4.71. The maximum absolute atomic E-state index is 12.7. The van der Waals surface area contributed by atoms with Crippen molar-refractivity contribution in [3.63, 3.8) is 0 Å². The first-order valence-electron chi connectivity index (χ1n) is 8.55. The van der Waals surface area contributed by atoms with Gasteiger partial charge in [-0.25, -0.2) is 4.79 Å². The Morgan fingerprint density at radius 2 is 1.76 bits per heavy atom. The normalized spacial score (nSPS) is 27.2. The van der Waals surface area contributed by atoms with E-state index in [-0.39, 0.29) is 33.4 Å². The van der Waals surface area contributed by atoms with Crippen LogP contribution in [0.25, 0.3) is 21.9 Å². The van der Waals surface area contributed by atoms with E-state index in [1.807, 2.05) is 0 Å². The molecule has 1 aliphatic heterocycles. The van der Waals surface area contributed by atoms with Crippen LogP contribution in [0.5, 0.6) is 11.5 Å². The highest BCUT2D eigenvalue weighted by molar-refractivity contribution is 5.93. The molecule has 5 N–H and O–H groups in total. The van der Waals surface area contributed by atoms with Gasteiger partial charge in [-0.2, -0.15) is 0 Å². The molecule has 2 aromatic carbocycles. The Bertz CT molecular complexity index is 1150. The SMILES string of the molecule is O=C(O)[C@H]1O[C@@H](Oc2ccc3oc4cccc(O)c4c(=O)c3c2)[C@H](O)[C@@H](O)[C@@H]1O. The topological polar surface area (TPSA) is 167 Å². The Labute approximate surface area is 161 Å². The summed E-state index contributed by atoms with van der Waals surface area (Å²) < 4.78 is 16.1. The van der Waals surface area contributed by atoms with Crippen molar-refractivity contribution in [2.24, 2.45) is 0 Å². The van der Waals surface area contributed by atoms with E-state index in [2.05, 4.69) is 0 Å². The summed E-state index contributed by atoms with van der Waals surface area (Å²) in [5, 5.41) is 48.7. The number of carboxylic acid groups (broad SMARTS) is 1. The molecule has 0 aliphatic carbocycles. The number of aliphatic hydroxyl groups excluding tert-OH is 3. The Morgan fingerprint density at radius 3 is 2.48 bits per heavy atom. The Balaban J connectivity index is 1.72. The standard InChI is InChI=1S/C19H16O10/c20-9-2-1-3-11-12(9)13(21)8-6-7(4-5-10(8)28-11)27-19-16(24)14(22)15(23)17(29-19)18(25)26/h1-6,14-17,19-20,22-24H,(H,25,26)/t14-,15-,16+,17-,19+/m0/s1. The van der Waals surface area contributed by atoms with Crippen molar-refractivity contribution >= 4 is 27.9 Å². The lowest BCUT2D eigenvalue weighted by Crippen LogP contribution is -2.61. The first-order valence-corrected chi connectivity index (χ1v) is 8.55. The molecule has 0 saturated carbocycles. The Morgan fingerprint density at radius 1 is 1.00 bits per heavy atom. The van der Waals surface area contributed by atoms with Gasteiger partial charge in [-0.05, 0) is 30.3 Å². The summed E-state index contributed by atoms with van der Waals surface area (Å²) in [7, 11) is 0. The summed E-state index contributed by atoms with van der Waals surface area (Å²) in [4.78, 5) is 23.9. The quantitative estimate of drug-likeness (QED) is 0.373. The molecular weight excluding hydrogens is 388 g/mol. The van der Waals surface area contributed by atoms with Crippen LogP contribution in [0.2, 0.25) is 0 Å². The van der Waals surface area contributed by atoms with Gasteiger partial charge in [0.1, 0.15) is 46.4 Å². The number of aromatic hydroxyl groups is 1. The summed E-state index contributed by atoms with van der Waals surface area (Å²) >= 11 is 0. The van der Waals surface area contributed by atoms with Crippen molar-refractivity contribution in [2.75, 3.05) is 0 Å². The number of hydrogen-bond acceptors (Lipinski definition) is 9. The minimum Gasteiger partial charge on any atom is -0.507 e. The molecule has 0 spiro atoms. The third-order valence-corrected chi connectivity index (χ3v) is 4.71. The van der Waals surface area contributed by atoms with Crippen LogP contribution in [0.4, 0.5) is 0 Å². The van der Waals surface area contributed by atoms with Crippen molar-refractivity contribution < 1.29 is 44.2 Å². The van der Waals surface area contributed by atoms with Crippen molar-refractivity contribution in [3.8, 4) is 11.5 Å². The molecule has 4 rings (SSSR count). The molecule has 0 bridgehead atoms. The number of fused-ring (bicyclic) bond motifs is 2. The fourth-order valence-electron chi connectivity index (χ4n) is 3.22. The summed E-state index contributed by atoms with van der Waals surface area (Å²) in [5.41, 5.74) is -0.109. The molecule has 0 unspecified atom stereocenters.